The minimum absolute atomic E-state index is 0.0213. The molecule has 3 nitrogen and oxygen atoms in total. The standard InChI is InChI=1S/C47H95NO2/c1-8-10-12-14-16-18-20-22-24-26-28-30-32-34-37-46(38-35-33-31-29-27-25-23-21-19-17-15-13-11-9-2)41-43(3)45(5)44(4)42-50-47(49)39-36-40-48(6)7/h43-46H,8-42H2,1-7H3. The van der Waals surface area contributed by atoms with Crippen LogP contribution in [0.25, 0.3) is 0 Å². The molecule has 0 saturated carbocycles. The van der Waals surface area contributed by atoms with E-state index in [9.17, 15) is 4.79 Å². The Morgan fingerprint density at radius 1 is 0.480 bits per heavy atom. The quantitative estimate of drug-likeness (QED) is 0.0469. The molecule has 300 valence electrons. The number of carbonyl (C=O) groups excluding carboxylic acids is 1. The molecular formula is C47H95NO2. The molecule has 0 saturated heterocycles. The van der Waals surface area contributed by atoms with E-state index >= 15 is 0 Å². The number of ether oxygens (including phenoxy) is 1. The lowest BCUT2D eigenvalue weighted by Crippen LogP contribution is -2.24. The smallest absolute Gasteiger partial charge is 0.305 e. The normalized spacial score (nSPS) is 13.7. The Hall–Kier alpha value is -0.570. The third-order valence-electron chi connectivity index (χ3n) is 11.9. The highest BCUT2D eigenvalue weighted by Crippen LogP contribution is 2.32. The summed E-state index contributed by atoms with van der Waals surface area (Å²) >= 11 is 0. The lowest BCUT2D eigenvalue weighted by atomic mass is 9.78. The van der Waals surface area contributed by atoms with E-state index in [-0.39, 0.29) is 5.97 Å². The van der Waals surface area contributed by atoms with Gasteiger partial charge in [0.15, 0.2) is 0 Å². The van der Waals surface area contributed by atoms with Crippen LogP contribution < -0.4 is 0 Å². The lowest BCUT2D eigenvalue weighted by molar-refractivity contribution is -0.145. The molecule has 0 radical (unpaired) electrons. The first-order chi connectivity index (χ1) is 24.3. The molecule has 50 heavy (non-hydrogen) atoms. The molecule has 0 N–H and O–H groups in total. The van der Waals surface area contributed by atoms with E-state index in [0.29, 0.717) is 30.8 Å². The summed E-state index contributed by atoms with van der Waals surface area (Å²) in [6.07, 6.45) is 45.9. The average molecular weight is 706 g/mol. The van der Waals surface area contributed by atoms with E-state index in [1.165, 1.54) is 199 Å². The van der Waals surface area contributed by atoms with Crippen LogP contribution in [-0.4, -0.2) is 38.1 Å². The Morgan fingerprint density at radius 2 is 0.820 bits per heavy atom. The van der Waals surface area contributed by atoms with Gasteiger partial charge in [-0.1, -0.05) is 227 Å². The van der Waals surface area contributed by atoms with Crippen molar-refractivity contribution < 1.29 is 9.53 Å². The number of unbranched alkanes of at least 4 members (excludes halogenated alkanes) is 26. The van der Waals surface area contributed by atoms with Gasteiger partial charge in [-0.25, -0.2) is 0 Å². The zero-order valence-electron chi connectivity index (χ0n) is 35.8. The van der Waals surface area contributed by atoms with E-state index in [0.717, 1.165) is 18.9 Å². The van der Waals surface area contributed by atoms with Crippen molar-refractivity contribution in [1.82, 2.24) is 4.90 Å². The summed E-state index contributed by atoms with van der Waals surface area (Å²) in [4.78, 5) is 14.4. The molecule has 0 aromatic rings. The van der Waals surface area contributed by atoms with Crippen molar-refractivity contribution in [2.75, 3.05) is 27.2 Å². The van der Waals surface area contributed by atoms with Gasteiger partial charge in [-0.15, -0.1) is 0 Å². The molecular weight excluding hydrogens is 611 g/mol. The molecule has 0 rings (SSSR count). The largest absolute Gasteiger partial charge is 0.465 e. The van der Waals surface area contributed by atoms with Crippen LogP contribution in [0.1, 0.15) is 247 Å². The molecule has 0 aliphatic rings. The molecule has 0 heterocycles. The molecule has 0 aliphatic carbocycles. The molecule has 0 amide bonds. The number of hydrogen-bond donors (Lipinski definition) is 0. The van der Waals surface area contributed by atoms with Gasteiger partial charge in [0.05, 0.1) is 6.61 Å². The van der Waals surface area contributed by atoms with Gasteiger partial charge in [-0.2, -0.15) is 0 Å². The predicted octanol–water partition coefficient (Wildman–Crippen LogP) is 15.5. The Kier molecular flexibility index (Phi) is 37.7. The summed E-state index contributed by atoms with van der Waals surface area (Å²) in [5, 5.41) is 0. The van der Waals surface area contributed by atoms with Crippen LogP contribution in [-0.2, 0) is 9.53 Å². The van der Waals surface area contributed by atoms with Gasteiger partial charge >= 0.3 is 5.97 Å². The van der Waals surface area contributed by atoms with E-state index < -0.39 is 0 Å². The minimum Gasteiger partial charge on any atom is -0.465 e. The van der Waals surface area contributed by atoms with Crippen molar-refractivity contribution in [3.8, 4) is 0 Å². The molecule has 0 aromatic carbocycles. The van der Waals surface area contributed by atoms with Gasteiger partial charge in [0, 0.05) is 6.42 Å². The first kappa shape index (κ1) is 49.4. The summed E-state index contributed by atoms with van der Waals surface area (Å²) in [6.45, 7) is 13.3. The van der Waals surface area contributed by atoms with E-state index in [1.54, 1.807) is 0 Å². The van der Waals surface area contributed by atoms with Crippen LogP contribution in [0, 0.1) is 23.7 Å². The van der Waals surface area contributed by atoms with Gasteiger partial charge in [0.1, 0.15) is 0 Å². The van der Waals surface area contributed by atoms with Crippen LogP contribution in [0.5, 0.6) is 0 Å². The van der Waals surface area contributed by atoms with Crippen LogP contribution in [0.3, 0.4) is 0 Å². The zero-order valence-corrected chi connectivity index (χ0v) is 35.8. The lowest BCUT2D eigenvalue weighted by Gasteiger charge is -2.29. The molecule has 3 atom stereocenters. The summed E-state index contributed by atoms with van der Waals surface area (Å²) in [5.74, 6) is 2.53. The average Bonchev–Trinajstić information content (AvgIpc) is 3.10. The second-order valence-electron chi connectivity index (χ2n) is 17.3. The van der Waals surface area contributed by atoms with Crippen molar-refractivity contribution in [2.45, 2.75) is 247 Å². The van der Waals surface area contributed by atoms with Crippen LogP contribution in [0.4, 0.5) is 0 Å². The van der Waals surface area contributed by atoms with Crippen molar-refractivity contribution >= 4 is 5.97 Å². The maximum Gasteiger partial charge on any atom is 0.305 e. The van der Waals surface area contributed by atoms with Gasteiger partial charge in [-0.05, 0) is 57.2 Å². The van der Waals surface area contributed by atoms with Gasteiger partial charge < -0.3 is 9.64 Å². The van der Waals surface area contributed by atoms with Gasteiger partial charge in [-0.3, -0.25) is 4.79 Å². The third-order valence-corrected chi connectivity index (χ3v) is 11.9. The Morgan fingerprint density at radius 3 is 1.16 bits per heavy atom. The summed E-state index contributed by atoms with van der Waals surface area (Å²) < 4.78 is 5.72. The summed E-state index contributed by atoms with van der Waals surface area (Å²) in [6, 6.07) is 0. The number of nitrogens with zero attached hydrogens (tertiary/aromatic N) is 1. The van der Waals surface area contributed by atoms with Crippen LogP contribution >= 0.6 is 0 Å². The molecule has 0 fully saturated rings. The first-order valence-electron chi connectivity index (χ1n) is 23.1. The molecule has 3 heteroatoms. The van der Waals surface area contributed by atoms with E-state index in [4.69, 9.17) is 4.74 Å². The second-order valence-corrected chi connectivity index (χ2v) is 17.3. The fraction of sp³-hybridized carbons (Fsp3) is 0.979. The van der Waals surface area contributed by atoms with Crippen LogP contribution in [0.15, 0.2) is 0 Å². The number of carbonyl (C=O) groups is 1. The topological polar surface area (TPSA) is 29.5 Å². The fourth-order valence-corrected chi connectivity index (χ4v) is 7.92. The molecule has 3 unspecified atom stereocenters. The van der Waals surface area contributed by atoms with Crippen molar-refractivity contribution in [2.24, 2.45) is 23.7 Å². The number of esters is 1. The molecule has 0 aliphatic heterocycles. The molecule has 0 spiro atoms. The second kappa shape index (κ2) is 38.2. The van der Waals surface area contributed by atoms with E-state index in [1.807, 2.05) is 0 Å². The van der Waals surface area contributed by atoms with Crippen LogP contribution in [0.2, 0.25) is 0 Å². The highest BCUT2D eigenvalue weighted by atomic mass is 16.5. The first-order valence-corrected chi connectivity index (χ1v) is 23.1. The van der Waals surface area contributed by atoms with Crippen molar-refractivity contribution in [3.63, 3.8) is 0 Å². The van der Waals surface area contributed by atoms with E-state index in [2.05, 4.69) is 53.6 Å². The van der Waals surface area contributed by atoms with Crippen molar-refractivity contribution in [3.05, 3.63) is 0 Å². The molecule has 0 bridgehead atoms. The fourth-order valence-electron chi connectivity index (χ4n) is 7.92. The SMILES string of the molecule is CCCCCCCCCCCCCCCCC(CCCCCCCCCCCCCCCC)CC(C)C(C)C(C)COC(=O)CCCN(C)C. The molecule has 0 aromatic heterocycles. The Balaban J connectivity index is 4.38. The highest BCUT2D eigenvalue weighted by molar-refractivity contribution is 5.69. The van der Waals surface area contributed by atoms with Gasteiger partial charge in [0.2, 0.25) is 0 Å². The third kappa shape index (κ3) is 34.5. The minimum atomic E-state index is -0.0213. The van der Waals surface area contributed by atoms with Crippen molar-refractivity contribution in [1.29, 1.82) is 0 Å². The zero-order chi connectivity index (χ0) is 36.9. The monoisotopic (exact) mass is 706 g/mol. The summed E-state index contributed by atoms with van der Waals surface area (Å²) in [7, 11) is 4.12. The maximum atomic E-state index is 12.3. The summed E-state index contributed by atoms with van der Waals surface area (Å²) in [5.41, 5.74) is 0. The van der Waals surface area contributed by atoms with Gasteiger partial charge in [0.25, 0.3) is 0 Å². The Labute approximate surface area is 317 Å². The maximum absolute atomic E-state index is 12.3. The predicted molar refractivity (Wildman–Crippen MR) is 224 cm³/mol. The number of hydrogen-bond acceptors (Lipinski definition) is 3. The Bertz CT molecular complexity index is 646. The number of rotatable bonds is 40. The highest BCUT2D eigenvalue weighted by Gasteiger charge is 2.23.